The summed E-state index contributed by atoms with van der Waals surface area (Å²) in [7, 11) is 2.14. The van der Waals surface area contributed by atoms with Crippen molar-refractivity contribution in [3.05, 3.63) is 60.4 Å². The van der Waals surface area contributed by atoms with E-state index >= 15 is 0 Å². The van der Waals surface area contributed by atoms with Crippen molar-refractivity contribution in [3.63, 3.8) is 0 Å². The Morgan fingerprint density at radius 3 is 2.63 bits per heavy atom. The highest BCUT2D eigenvalue weighted by Gasteiger charge is 2.23. The fraction of sp³-hybridized carbons (Fsp3) is 0.364. The highest BCUT2D eigenvalue weighted by atomic mass is 16.3. The van der Waals surface area contributed by atoms with Gasteiger partial charge in [0.1, 0.15) is 0 Å². The van der Waals surface area contributed by atoms with Gasteiger partial charge in [0, 0.05) is 62.3 Å². The Kier molecular flexibility index (Phi) is 5.43. The predicted molar refractivity (Wildman–Crippen MR) is 108 cm³/mol. The summed E-state index contributed by atoms with van der Waals surface area (Å²) in [6.45, 7) is 4.13. The van der Waals surface area contributed by atoms with Gasteiger partial charge < -0.3 is 10.0 Å². The molecule has 3 aromatic rings. The molecule has 1 aromatic heterocycles. The number of aromatic nitrogens is 2. The average Bonchev–Trinajstić information content (AvgIpc) is 2.71. The highest BCUT2D eigenvalue weighted by molar-refractivity contribution is 5.94. The van der Waals surface area contributed by atoms with Crippen molar-refractivity contribution in [2.45, 2.75) is 19.0 Å². The Morgan fingerprint density at radius 1 is 1.04 bits per heavy atom. The van der Waals surface area contributed by atoms with E-state index in [1.807, 2.05) is 12.4 Å². The van der Waals surface area contributed by atoms with Crippen LogP contribution in [-0.4, -0.2) is 64.2 Å². The van der Waals surface area contributed by atoms with Crippen LogP contribution in [0.5, 0.6) is 0 Å². The minimum atomic E-state index is 0.242. The summed E-state index contributed by atoms with van der Waals surface area (Å²) in [6.07, 6.45) is 4.72. The molecule has 0 amide bonds. The molecule has 1 N–H and O–H groups in total. The first-order chi connectivity index (χ1) is 13.2. The zero-order valence-electron chi connectivity index (χ0n) is 15.8. The second-order valence-corrected chi connectivity index (χ2v) is 7.32. The van der Waals surface area contributed by atoms with E-state index in [1.165, 1.54) is 10.8 Å². The van der Waals surface area contributed by atoms with Crippen LogP contribution < -0.4 is 0 Å². The van der Waals surface area contributed by atoms with E-state index in [-0.39, 0.29) is 6.61 Å². The van der Waals surface area contributed by atoms with Crippen molar-refractivity contribution in [2.75, 3.05) is 33.3 Å². The van der Waals surface area contributed by atoms with E-state index in [4.69, 9.17) is 0 Å². The van der Waals surface area contributed by atoms with E-state index in [1.54, 1.807) is 0 Å². The van der Waals surface area contributed by atoms with E-state index in [2.05, 4.69) is 69.3 Å². The molecular formula is C22H26N4O. The Bertz CT molecular complexity index is 891. The number of aliphatic hydroxyl groups is 1. The van der Waals surface area contributed by atoms with Crippen molar-refractivity contribution in [2.24, 2.45) is 0 Å². The van der Waals surface area contributed by atoms with Gasteiger partial charge in [0.2, 0.25) is 0 Å². The largest absolute Gasteiger partial charge is 0.396 e. The standard InChI is InChI=1S/C22H26N4O/c1-25-10-11-26(16-19(25)9-12-27)15-17-13-23-22(24-14-17)21-8-4-6-18-5-2-3-7-20(18)21/h2-8,13-14,19,27H,9-12,15-16H2,1H3. The average molecular weight is 362 g/mol. The lowest BCUT2D eigenvalue weighted by Crippen LogP contribution is -2.51. The van der Waals surface area contributed by atoms with Crippen LogP contribution in [0.3, 0.4) is 0 Å². The summed E-state index contributed by atoms with van der Waals surface area (Å²) in [4.78, 5) is 14.1. The molecule has 1 aliphatic heterocycles. The van der Waals surface area contributed by atoms with Gasteiger partial charge >= 0.3 is 0 Å². The number of fused-ring (bicyclic) bond motifs is 1. The molecule has 0 bridgehead atoms. The molecule has 1 unspecified atom stereocenters. The summed E-state index contributed by atoms with van der Waals surface area (Å²) in [6, 6.07) is 15.0. The van der Waals surface area contributed by atoms with Crippen LogP contribution in [0.1, 0.15) is 12.0 Å². The summed E-state index contributed by atoms with van der Waals surface area (Å²) < 4.78 is 0. The van der Waals surface area contributed by atoms with Crippen LogP contribution in [0.25, 0.3) is 22.2 Å². The van der Waals surface area contributed by atoms with E-state index < -0.39 is 0 Å². The van der Waals surface area contributed by atoms with Crippen molar-refractivity contribution in [3.8, 4) is 11.4 Å². The summed E-state index contributed by atoms with van der Waals surface area (Å²) >= 11 is 0. The number of hydrogen-bond donors (Lipinski definition) is 1. The molecule has 0 saturated carbocycles. The first-order valence-corrected chi connectivity index (χ1v) is 9.57. The third-order valence-corrected chi connectivity index (χ3v) is 5.47. The lowest BCUT2D eigenvalue weighted by atomic mass is 10.0. The second-order valence-electron chi connectivity index (χ2n) is 7.32. The van der Waals surface area contributed by atoms with Gasteiger partial charge in [-0.15, -0.1) is 0 Å². The fourth-order valence-electron chi connectivity index (χ4n) is 3.87. The molecule has 1 atom stereocenters. The van der Waals surface area contributed by atoms with Crippen LogP contribution in [-0.2, 0) is 6.54 Å². The van der Waals surface area contributed by atoms with Gasteiger partial charge in [0.05, 0.1) is 0 Å². The second kappa shape index (κ2) is 8.13. The highest BCUT2D eigenvalue weighted by Crippen LogP contribution is 2.26. The molecule has 5 heteroatoms. The third-order valence-electron chi connectivity index (χ3n) is 5.47. The molecule has 4 rings (SSSR count). The number of likely N-dealkylation sites (N-methyl/N-ethyl adjacent to an activating group) is 1. The van der Waals surface area contributed by atoms with E-state index in [0.717, 1.165) is 49.6 Å². The lowest BCUT2D eigenvalue weighted by Gasteiger charge is -2.39. The number of nitrogens with zero attached hydrogens (tertiary/aromatic N) is 4. The molecule has 0 spiro atoms. The maximum absolute atomic E-state index is 9.26. The van der Waals surface area contributed by atoms with Gasteiger partial charge in [-0.05, 0) is 24.2 Å². The van der Waals surface area contributed by atoms with Crippen molar-refractivity contribution >= 4 is 10.8 Å². The van der Waals surface area contributed by atoms with Gasteiger partial charge in [0.25, 0.3) is 0 Å². The molecule has 1 fully saturated rings. The summed E-state index contributed by atoms with van der Waals surface area (Å²) in [5.74, 6) is 0.770. The lowest BCUT2D eigenvalue weighted by molar-refractivity contribution is 0.0742. The van der Waals surface area contributed by atoms with E-state index in [9.17, 15) is 5.11 Å². The van der Waals surface area contributed by atoms with Crippen LogP contribution in [0.15, 0.2) is 54.9 Å². The number of aliphatic hydroxyl groups excluding tert-OH is 1. The van der Waals surface area contributed by atoms with Gasteiger partial charge in [0.15, 0.2) is 5.82 Å². The smallest absolute Gasteiger partial charge is 0.159 e. The first kappa shape index (κ1) is 18.0. The minimum absolute atomic E-state index is 0.242. The molecular weight excluding hydrogens is 336 g/mol. The molecule has 1 aliphatic rings. The zero-order chi connectivity index (χ0) is 18.6. The predicted octanol–water partition coefficient (Wildman–Crippen LogP) is 2.80. The minimum Gasteiger partial charge on any atom is -0.396 e. The van der Waals surface area contributed by atoms with Crippen LogP contribution in [0.2, 0.25) is 0 Å². The quantitative estimate of drug-likeness (QED) is 0.756. The fourth-order valence-corrected chi connectivity index (χ4v) is 3.87. The van der Waals surface area contributed by atoms with Crippen molar-refractivity contribution < 1.29 is 5.11 Å². The topological polar surface area (TPSA) is 52.5 Å². The Hall–Kier alpha value is -2.34. The van der Waals surface area contributed by atoms with Crippen LogP contribution >= 0.6 is 0 Å². The molecule has 0 aliphatic carbocycles. The molecule has 2 heterocycles. The maximum atomic E-state index is 9.26. The molecule has 27 heavy (non-hydrogen) atoms. The van der Waals surface area contributed by atoms with Gasteiger partial charge in [-0.3, -0.25) is 4.90 Å². The molecule has 1 saturated heterocycles. The van der Waals surface area contributed by atoms with Gasteiger partial charge in [-0.2, -0.15) is 0 Å². The molecule has 2 aromatic carbocycles. The van der Waals surface area contributed by atoms with Crippen molar-refractivity contribution in [1.82, 2.24) is 19.8 Å². The Labute approximate surface area is 160 Å². The van der Waals surface area contributed by atoms with Gasteiger partial charge in [-0.25, -0.2) is 9.97 Å². The monoisotopic (exact) mass is 362 g/mol. The number of rotatable bonds is 5. The Morgan fingerprint density at radius 2 is 1.81 bits per heavy atom. The van der Waals surface area contributed by atoms with Crippen molar-refractivity contribution in [1.29, 1.82) is 0 Å². The normalized spacial score (nSPS) is 18.8. The summed E-state index contributed by atoms with van der Waals surface area (Å²) in [5.41, 5.74) is 2.20. The van der Waals surface area contributed by atoms with Crippen LogP contribution in [0.4, 0.5) is 0 Å². The van der Waals surface area contributed by atoms with E-state index in [0.29, 0.717) is 6.04 Å². The molecule has 0 radical (unpaired) electrons. The molecule has 5 nitrogen and oxygen atoms in total. The summed E-state index contributed by atoms with van der Waals surface area (Å²) in [5, 5.41) is 11.6. The van der Waals surface area contributed by atoms with Gasteiger partial charge in [-0.1, -0.05) is 42.5 Å². The molecule has 140 valence electrons. The maximum Gasteiger partial charge on any atom is 0.159 e. The van der Waals surface area contributed by atoms with Crippen LogP contribution in [0, 0.1) is 0 Å². The Balaban J connectivity index is 1.49. The zero-order valence-corrected chi connectivity index (χ0v) is 15.8. The number of benzene rings is 2. The SMILES string of the molecule is CN1CCN(Cc2cnc(-c3cccc4ccccc34)nc2)CC1CCO. The third kappa shape index (κ3) is 4.00. The first-order valence-electron chi connectivity index (χ1n) is 9.57. The number of hydrogen-bond acceptors (Lipinski definition) is 5. The number of piperazine rings is 1.